The Morgan fingerprint density at radius 2 is 2.12 bits per heavy atom. The molecule has 0 spiro atoms. The third-order valence-corrected chi connectivity index (χ3v) is 7.44. The molecule has 0 radical (unpaired) electrons. The van der Waals surface area contributed by atoms with Crippen LogP contribution in [0.3, 0.4) is 0 Å². The van der Waals surface area contributed by atoms with Gasteiger partial charge in [-0.1, -0.05) is 18.2 Å². The van der Waals surface area contributed by atoms with Crippen LogP contribution in [0.15, 0.2) is 30.3 Å². The molecule has 2 aliphatic rings. The molecule has 0 aliphatic carbocycles. The third-order valence-electron chi connectivity index (χ3n) is 3.72. The van der Waals surface area contributed by atoms with Gasteiger partial charge >= 0.3 is 0 Å². The minimum Gasteiger partial charge on any atom is -0.308 e. The van der Waals surface area contributed by atoms with E-state index in [2.05, 4.69) is 4.67 Å². The molecule has 5 heteroatoms. The predicted octanol–water partition coefficient (Wildman–Crippen LogP) is 3.36. The molecule has 2 atom stereocenters. The molecule has 1 aromatic carbocycles. The van der Waals surface area contributed by atoms with Crippen molar-refractivity contribution in [3.05, 3.63) is 30.3 Å². The zero-order valence-corrected chi connectivity index (χ0v) is 11.3. The van der Waals surface area contributed by atoms with Crippen LogP contribution < -0.4 is 4.67 Å². The van der Waals surface area contributed by atoms with Gasteiger partial charge in [0.15, 0.2) is 0 Å². The van der Waals surface area contributed by atoms with Crippen molar-refractivity contribution in [3.8, 4) is 0 Å². The van der Waals surface area contributed by atoms with Crippen molar-refractivity contribution in [3.63, 3.8) is 0 Å². The smallest absolute Gasteiger partial charge is 0.254 e. The summed E-state index contributed by atoms with van der Waals surface area (Å²) < 4.78 is 17.2. The number of fused-ring (bicyclic) bond motifs is 1. The molecule has 2 saturated heterocycles. The highest BCUT2D eigenvalue weighted by molar-refractivity contribution is 7.65. The van der Waals surface area contributed by atoms with Crippen LogP contribution in [0.2, 0.25) is 0 Å². The maximum atomic E-state index is 13.0. The van der Waals surface area contributed by atoms with Crippen molar-refractivity contribution in [2.24, 2.45) is 0 Å². The second kappa shape index (κ2) is 4.31. The molecule has 0 bridgehead atoms. The van der Waals surface area contributed by atoms with Crippen molar-refractivity contribution in [1.29, 1.82) is 0 Å². The van der Waals surface area contributed by atoms with Crippen LogP contribution in [0.25, 0.3) is 0 Å². The molecule has 3 rings (SSSR count). The average Bonchev–Trinajstić information content (AvgIpc) is 2.93. The van der Waals surface area contributed by atoms with Gasteiger partial charge in [-0.25, -0.2) is 4.67 Å². The number of hydrogen-bond donors (Lipinski definition) is 0. The first kappa shape index (κ1) is 11.6. The van der Waals surface area contributed by atoms with E-state index >= 15 is 0 Å². The van der Waals surface area contributed by atoms with E-state index in [1.165, 1.54) is 0 Å². The molecule has 0 unspecified atom stereocenters. The lowest BCUT2D eigenvalue weighted by molar-refractivity contribution is 0.433. The van der Waals surface area contributed by atoms with E-state index in [0.29, 0.717) is 6.04 Å². The maximum absolute atomic E-state index is 13.0. The molecular weight excluding hydrogens is 255 g/mol. The van der Waals surface area contributed by atoms with Crippen LogP contribution in [0.1, 0.15) is 12.8 Å². The number of anilines is 1. The highest BCUT2D eigenvalue weighted by atomic mass is 35.5. The topological polar surface area (TPSA) is 23.6 Å². The first-order valence-corrected chi connectivity index (χ1v) is 8.34. The summed E-state index contributed by atoms with van der Waals surface area (Å²) in [4.78, 5) is 0. The van der Waals surface area contributed by atoms with E-state index in [-0.39, 0.29) is 5.62 Å². The minimum atomic E-state index is -2.55. The number of benzene rings is 1. The van der Waals surface area contributed by atoms with Gasteiger partial charge in [0.1, 0.15) is 5.62 Å². The van der Waals surface area contributed by atoms with E-state index in [1.807, 2.05) is 35.0 Å². The van der Waals surface area contributed by atoms with Gasteiger partial charge in [-0.3, -0.25) is 4.57 Å². The molecule has 0 aromatic heterocycles. The number of hydrogen-bond acceptors (Lipinski definition) is 1. The molecule has 1 aromatic rings. The van der Waals surface area contributed by atoms with Gasteiger partial charge in [0.2, 0.25) is 0 Å². The molecule has 92 valence electrons. The fourth-order valence-corrected chi connectivity index (χ4v) is 6.34. The largest absolute Gasteiger partial charge is 0.308 e. The van der Waals surface area contributed by atoms with Gasteiger partial charge in [0, 0.05) is 24.8 Å². The first-order chi connectivity index (χ1) is 8.25. The summed E-state index contributed by atoms with van der Waals surface area (Å²) in [5.41, 5.74) is 1.25. The molecule has 0 saturated carbocycles. The second-order valence-electron chi connectivity index (χ2n) is 4.66. The van der Waals surface area contributed by atoms with Gasteiger partial charge < -0.3 is 4.67 Å². The van der Waals surface area contributed by atoms with Crippen LogP contribution in [-0.2, 0) is 4.57 Å². The van der Waals surface area contributed by atoms with Gasteiger partial charge in [-0.2, -0.15) is 0 Å². The van der Waals surface area contributed by atoms with E-state index in [1.54, 1.807) is 0 Å². The van der Waals surface area contributed by atoms with E-state index in [4.69, 9.17) is 11.6 Å². The Morgan fingerprint density at radius 3 is 2.82 bits per heavy atom. The minimum absolute atomic E-state index is 0.221. The molecule has 3 nitrogen and oxygen atoms in total. The third kappa shape index (κ3) is 1.72. The Bertz CT molecular complexity index is 453. The predicted molar refractivity (Wildman–Crippen MR) is 71.8 cm³/mol. The summed E-state index contributed by atoms with van der Waals surface area (Å²) >= 11 is 6.01. The number of nitrogens with zero attached hydrogens (tertiary/aromatic N) is 2. The maximum Gasteiger partial charge on any atom is 0.254 e. The summed E-state index contributed by atoms with van der Waals surface area (Å²) in [5, 5.41) is 0. The number of para-hydroxylation sites is 1. The van der Waals surface area contributed by atoms with Crippen LogP contribution in [0.5, 0.6) is 0 Å². The van der Waals surface area contributed by atoms with Crippen LogP contribution in [0.4, 0.5) is 5.69 Å². The van der Waals surface area contributed by atoms with Crippen LogP contribution >= 0.6 is 19.0 Å². The number of rotatable bonds is 2. The highest BCUT2D eigenvalue weighted by Crippen LogP contribution is 2.63. The zero-order valence-electron chi connectivity index (χ0n) is 9.63. The van der Waals surface area contributed by atoms with Crippen molar-refractivity contribution in [1.82, 2.24) is 4.67 Å². The van der Waals surface area contributed by atoms with Gasteiger partial charge in [-0.05, 0) is 25.0 Å². The summed E-state index contributed by atoms with van der Waals surface area (Å²) in [7, 11) is -2.55. The van der Waals surface area contributed by atoms with Crippen LogP contribution in [-0.4, -0.2) is 29.4 Å². The highest BCUT2D eigenvalue weighted by Gasteiger charge is 2.49. The number of halogens is 1. The molecular formula is C12H16ClN2OP. The summed E-state index contributed by atoms with van der Waals surface area (Å²) in [6, 6.07) is 10.4. The van der Waals surface area contributed by atoms with Crippen molar-refractivity contribution < 1.29 is 4.57 Å². The Morgan fingerprint density at radius 1 is 1.35 bits per heavy atom. The molecule has 0 amide bonds. The van der Waals surface area contributed by atoms with Crippen molar-refractivity contribution >= 4 is 24.7 Å². The monoisotopic (exact) mass is 270 g/mol. The van der Waals surface area contributed by atoms with E-state index in [9.17, 15) is 4.57 Å². The Balaban J connectivity index is 1.99. The van der Waals surface area contributed by atoms with Crippen molar-refractivity contribution in [2.75, 3.05) is 23.4 Å². The van der Waals surface area contributed by atoms with E-state index < -0.39 is 7.44 Å². The van der Waals surface area contributed by atoms with Crippen LogP contribution in [0, 0.1) is 0 Å². The summed E-state index contributed by atoms with van der Waals surface area (Å²) in [6.07, 6.45) is 2.29. The summed E-state index contributed by atoms with van der Waals surface area (Å²) in [6.45, 7) is 1.78. The molecule has 0 N–H and O–H groups in total. The molecule has 2 heterocycles. The molecule has 2 fully saturated rings. The van der Waals surface area contributed by atoms with E-state index in [0.717, 1.165) is 31.6 Å². The number of alkyl halides is 1. The van der Waals surface area contributed by atoms with Gasteiger partial charge in [0.05, 0.1) is 0 Å². The fraction of sp³-hybridized carbons (Fsp3) is 0.500. The van der Waals surface area contributed by atoms with Gasteiger partial charge in [0.25, 0.3) is 7.44 Å². The Labute approximate surface area is 107 Å². The normalized spacial score (nSPS) is 33.0. The standard InChI is InChI=1S/C12H16ClN2OP/c13-10-17(16)14-8-4-7-12(14)9-15(17)11-5-2-1-3-6-11/h1-3,5-6,12H,4,7-10H2/t12-,17+/m0/s1. The Kier molecular flexibility index (Phi) is 2.94. The Hall–Kier alpha value is -0.500. The van der Waals surface area contributed by atoms with Gasteiger partial charge in [-0.15, -0.1) is 11.6 Å². The lowest BCUT2D eigenvalue weighted by atomic mass is 10.2. The SMILES string of the molecule is O=[P@@]1(CCl)N(c2ccccc2)C[C@@H]2CCCN21. The fourth-order valence-electron chi connectivity index (χ4n) is 2.90. The van der Waals surface area contributed by atoms with Crippen molar-refractivity contribution in [2.45, 2.75) is 18.9 Å². The zero-order chi connectivity index (χ0) is 11.9. The average molecular weight is 271 g/mol. The lowest BCUT2D eigenvalue weighted by Crippen LogP contribution is -2.20. The second-order valence-corrected chi connectivity index (χ2v) is 7.94. The first-order valence-electron chi connectivity index (χ1n) is 6.01. The lowest BCUT2D eigenvalue weighted by Gasteiger charge is -2.29. The molecule has 2 aliphatic heterocycles. The quantitative estimate of drug-likeness (QED) is 0.608. The summed E-state index contributed by atoms with van der Waals surface area (Å²) in [5.74, 6) is 0. The molecule has 17 heavy (non-hydrogen) atoms.